The van der Waals surface area contributed by atoms with Crippen LogP contribution in [-0.4, -0.2) is 24.5 Å². The second kappa shape index (κ2) is 6.38. The number of anilines is 1. The van der Waals surface area contributed by atoms with E-state index in [2.05, 4.69) is 16.0 Å². The largest absolute Gasteiger partial charge is 0.368 e. The van der Waals surface area contributed by atoms with E-state index in [9.17, 15) is 9.59 Å². The van der Waals surface area contributed by atoms with Gasteiger partial charge in [0.1, 0.15) is 5.54 Å². The summed E-state index contributed by atoms with van der Waals surface area (Å²) in [6.45, 7) is 5.12. The van der Waals surface area contributed by atoms with E-state index in [1.807, 2.05) is 32.2 Å². The third-order valence-electron chi connectivity index (χ3n) is 3.12. The fourth-order valence-electron chi connectivity index (χ4n) is 1.56. The molecule has 0 fully saturated rings. The van der Waals surface area contributed by atoms with Gasteiger partial charge in [-0.1, -0.05) is 12.1 Å². The number of benzene rings is 1. The highest BCUT2D eigenvalue weighted by atomic mass is 16.2. The maximum absolute atomic E-state index is 11.8. The molecule has 0 aromatic heterocycles. The van der Waals surface area contributed by atoms with Crippen molar-refractivity contribution in [3.63, 3.8) is 0 Å². The Morgan fingerprint density at radius 3 is 2.50 bits per heavy atom. The Morgan fingerprint density at radius 2 is 1.95 bits per heavy atom. The van der Waals surface area contributed by atoms with Crippen molar-refractivity contribution >= 4 is 17.6 Å². The fourth-order valence-corrected chi connectivity index (χ4v) is 1.56. The van der Waals surface area contributed by atoms with E-state index >= 15 is 0 Å². The molecular weight excluding hydrogens is 256 g/mol. The molecule has 110 valence electrons. The maximum Gasteiger partial charge on any atom is 0.320 e. The van der Waals surface area contributed by atoms with Crippen LogP contribution in [0, 0.1) is 0 Å². The van der Waals surface area contributed by atoms with Crippen molar-refractivity contribution in [2.75, 3.05) is 12.4 Å². The van der Waals surface area contributed by atoms with Crippen LogP contribution in [0.1, 0.15) is 32.4 Å². The highest BCUT2D eigenvalue weighted by Gasteiger charge is 2.26. The minimum atomic E-state index is -1.10. The van der Waals surface area contributed by atoms with Crippen LogP contribution in [-0.2, 0) is 4.79 Å². The summed E-state index contributed by atoms with van der Waals surface area (Å²) in [7, 11) is 1.87. The van der Waals surface area contributed by atoms with Gasteiger partial charge >= 0.3 is 6.03 Å². The smallest absolute Gasteiger partial charge is 0.320 e. The van der Waals surface area contributed by atoms with Gasteiger partial charge in [-0.25, -0.2) is 4.79 Å². The van der Waals surface area contributed by atoms with Gasteiger partial charge in [0.05, 0.1) is 0 Å². The quantitative estimate of drug-likeness (QED) is 0.654. The number of urea groups is 1. The standard InChI is InChI=1S/C14H22N4O2/c1-9(16-4)10-6-5-7-11(8-10)17-13(20)18-14(2,3)12(15)19/h5-9,16H,1-4H3,(H2,15,19)(H2,17,18,20). The maximum atomic E-state index is 11.8. The number of rotatable bonds is 5. The zero-order chi connectivity index (χ0) is 15.3. The van der Waals surface area contributed by atoms with Gasteiger partial charge in [-0.3, -0.25) is 4.79 Å². The molecule has 1 unspecified atom stereocenters. The van der Waals surface area contributed by atoms with E-state index in [0.29, 0.717) is 5.69 Å². The molecule has 0 saturated heterocycles. The summed E-state index contributed by atoms with van der Waals surface area (Å²) in [5, 5.41) is 8.34. The second-order valence-corrected chi connectivity index (χ2v) is 5.20. The van der Waals surface area contributed by atoms with Crippen molar-refractivity contribution in [3.05, 3.63) is 29.8 Å². The number of nitrogens with one attached hydrogen (secondary N) is 3. The van der Waals surface area contributed by atoms with Crippen molar-refractivity contribution in [1.82, 2.24) is 10.6 Å². The summed E-state index contributed by atoms with van der Waals surface area (Å²) in [5.74, 6) is -0.592. The van der Waals surface area contributed by atoms with Crippen LogP contribution in [0.4, 0.5) is 10.5 Å². The van der Waals surface area contributed by atoms with Crippen LogP contribution < -0.4 is 21.7 Å². The molecule has 3 amide bonds. The molecule has 0 aliphatic heterocycles. The molecule has 1 rings (SSSR count). The Kier molecular flexibility index (Phi) is 5.10. The molecule has 20 heavy (non-hydrogen) atoms. The molecule has 0 bridgehead atoms. The highest BCUT2D eigenvalue weighted by Crippen LogP contribution is 2.17. The van der Waals surface area contributed by atoms with Crippen molar-refractivity contribution in [2.45, 2.75) is 32.4 Å². The molecule has 6 heteroatoms. The van der Waals surface area contributed by atoms with Gasteiger partial charge in [-0.2, -0.15) is 0 Å². The molecule has 1 atom stereocenters. The van der Waals surface area contributed by atoms with Gasteiger partial charge < -0.3 is 21.7 Å². The predicted molar refractivity (Wildman–Crippen MR) is 79.3 cm³/mol. The van der Waals surface area contributed by atoms with Crippen LogP contribution >= 0.6 is 0 Å². The number of primary amides is 1. The zero-order valence-corrected chi connectivity index (χ0v) is 12.3. The van der Waals surface area contributed by atoms with E-state index in [1.165, 1.54) is 0 Å². The first-order valence-corrected chi connectivity index (χ1v) is 6.42. The Hall–Kier alpha value is -2.08. The molecule has 5 N–H and O–H groups in total. The van der Waals surface area contributed by atoms with Gasteiger partial charge in [0, 0.05) is 11.7 Å². The molecule has 0 heterocycles. The Morgan fingerprint density at radius 1 is 1.30 bits per heavy atom. The number of amides is 3. The van der Waals surface area contributed by atoms with Crippen molar-refractivity contribution in [2.24, 2.45) is 5.73 Å². The van der Waals surface area contributed by atoms with E-state index in [0.717, 1.165) is 5.56 Å². The highest BCUT2D eigenvalue weighted by molar-refractivity contribution is 5.95. The lowest BCUT2D eigenvalue weighted by molar-refractivity contribution is -0.122. The van der Waals surface area contributed by atoms with Gasteiger partial charge in [0.25, 0.3) is 0 Å². The molecule has 6 nitrogen and oxygen atoms in total. The second-order valence-electron chi connectivity index (χ2n) is 5.20. The normalized spacial score (nSPS) is 12.6. The third-order valence-corrected chi connectivity index (χ3v) is 3.12. The predicted octanol–water partition coefficient (Wildman–Crippen LogP) is 1.35. The van der Waals surface area contributed by atoms with Gasteiger partial charge in [0.15, 0.2) is 0 Å². The molecule has 1 aromatic carbocycles. The summed E-state index contributed by atoms with van der Waals surface area (Å²) in [5.41, 5.74) is 5.82. The van der Waals surface area contributed by atoms with Crippen LogP contribution in [0.5, 0.6) is 0 Å². The Bertz CT molecular complexity index is 500. The first-order valence-electron chi connectivity index (χ1n) is 6.42. The van der Waals surface area contributed by atoms with Crippen LogP contribution in [0.3, 0.4) is 0 Å². The SMILES string of the molecule is CNC(C)c1cccc(NC(=O)NC(C)(C)C(N)=O)c1. The number of carbonyl (C=O) groups excluding carboxylic acids is 2. The topological polar surface area (TPSA) is 96.2 Å². The van der Waals surface area contributed by atoms with E-state index in [-0.39, 0.29) is 6.04 Å². The van der Waals surface area contributed by atoms with Crippen molar-refractivity contribution in [1.29, 1.82) is 0 Å². The lowest BCUT2D eigenvalue weighted by Gasteiger charge is -2.22. The molecule has 1 aromatic rings. The number of hydrogen-bond donors (Lipinski definition) is 4. The Labute approximate surface area is 119 Å². The number of nitrogens with two attached hydrogens (primary N) is 1. The summed E-state index contributed by atoms with van der Waals surface area (Å²) in [6.07, 6.45) is 0. The van der Waals surface area contributed by atoms with Gasteiger partial charge in [-0.05, 0) is 45.5 Å². The van der Waals surface area contributed by atoms with Gasteiger partial charge in [0.2, 0.25) is 5.91 Å². The lowest BCUT2D eigenvalue weighted by Crippen LogP contribution is -2.54. The third kappa shape index (κ3) is 4.24. The molecule has 0 aliphatic rings. The summed E-state index contributed by atoms with van der Waals surface area (Å²) >= 11 is 0. The number of hydrogen-bond acceptors (Lipinski definition) is 3. The van der Waals surface area contributed by atoms with E-state index in [4.69, 9.17) is 5.73 Å². The van der Waals surface area contributed by atoms with E-state index in [1.54, 1.807) is 19.9 Å². The van der Waals surface area contributed by atoms with E-state index < -0.39 is 17.5 Å². The first kappa shape index (κ1) is 16.0. The molecule has 0 radical (unpaired) electrons. The average molecular weight is 278 g/mol. The molecular formula is C14H22N4O2. The van der Waals surface area contributed by atoms with Crippen LogP contribution in [0.2, 0.25) is 0 Å². The first-order chi connectivity index (χ1) is 9.26. The van der Waals surface area contributed by atoms with Crippen LogP contribution in [0.15, 0.2) is 24.3 Å². The summed E-state index contributed by atoms with van der Waals surface area (Å²) in [4.78, 5) is 23.0. The average Bonchev–Trinajstić information content (AvgIpc) is 2.37. The molecule has 0 spiro atoms. The van der Waals surface area contributed by atoms with Crippen molar-refractivity contribution < 1.29 is 9.59 Å². The zero-order valence-electron chi connectivity index (χ0n) is 12.3. The summed E-state index contributed by atoms with van der Waals surface area (Å²) < 4.78 is 0. The Balaban J connectivity index is 2.74. The number of carbonyl (C=O) groups is 2. The molecule has 0 aliphatic carbocycles. The van der Waals surface area contributed by atoms with Crippen LogP contribution in [0.25, 0.3) is 0 Å². The minimum Gasteiger partial charge on any atom is -0.368 e. The van der Waals surface area contributed by atoms with Gasteiger partial charge in [-0.15, -0.1) is 0 Å². The minimum absolute atomic E-state index is 0.182. The molecule has 0 saturated carbocycles. The summed E-state index contributed by atoms with van der Waals surface area (Å²) in [6, 6.07) is 7.20. The lowest BCUT2D eigenvalue weighted by atomic mass is 10.1. The fraction of sp³-hybridized carbons (Fsp3) is 0.429. The van der Waals surface area contributed by atoms with Crippen molar-refractivity contribution in [3.8, 4) is 0 Å². The monoisotopic (exact) mass is 278 g/mol.